The molecule has 66 heavy (non-hydrogen) atoms. The predicted molar refractivity (Wildman–Crippen MR) is 277 cm³/mol. The standard InChI is InChI=1S/C25H31ClO.C22H26FNO3.C5H8O.C4H10.C2H6/c1-18(21(4)26)9-10-19(2)23-14-11-20(3)24-15-12-22(13-16-25(23)24)8-6-5-7-17-27;1-3-17(7-4-6-16(2)23)20-10-11-24-13-18(20)14-25-19-8-5-9-21-22(12-19)27-15-26-21;1-2-3-4-5-6;1-3-4-2;1-2/h9-10,12-13,16,20,23,27H,2,5,7,11,14-15,17H2,1,3-4H3;3-6,8,12,18,20,24H,2,7,10-11,13-15H2,1H3;1,6H,3-5H2;3-4H2,1-2H3;1-2H3/b10-9-,21-18+;6-4?,17-3+;;;/t;18-,20?;;;/m.0.../s1. The summed E-state index contributed by atoms with van der Waals surface area (Å²) in [6.45, 7) is 27.4. The number of fused-ring (bicyclic) bond motifs is 1. The normalized spacial score (nSPS) is 20.9. The van der Waals surface area contributed by atoms with Gasteiger partial charge in [0.15, 0.2) is 5.76 Å². The zero-order chi connectivity index (χ0) is 49.1. The number of allylic oxidation sites excluding steroid dienone is 18. The number of rotatable bonds is 15. The highest BCUT2D eigenvalue weighted by atomic mass is 35.5. The summed E-state index contributed by atoms with van der Waals surface area (Å²) in [5.74, 6) is 12.1. The zero-order valence-electron chi connectivity index (χ0n) is 41.5. The molecule has 0 bridgehead atoms. The van der Waals surface area contributed by atoms with Crippen LogP contribution in [0.3, 0.4) is 0 Å². The smallest absolute Gasteiger partial charge is 0.232 e. The molecule has 2 aliphatic heterocycles. The van der Waals surface area contributed by atoms with E-state index in [0.29, 0.717) is 48.2 Å². The average Bonchev–Trinajstić information content (AvgIpc) is 3.52. The number of ether oxygens (including phenoxy) is 3. The first-order valence-corrected chi connectivity index (χ1v) is 24.4. The molecular formula is C58H81ClFNO5. The lowest BCUT2D eigenvalue weighted by Crippen LogP contribution is -2.39. The van der Waals surface area contributed by atoms with E-state index in [1.54, 1.807) is 6.08 Å². The Morgan fingerprint density at radius 2 is 1.77 bits per heavy atom. The Kier molecular flexibility index (Phi) is 32.7. The maximum Gasteiger partial charge on any atom is 0.232 e. The van der Waals surface area contributed by atoms with Crippen LogP contribution in [0, 0.1) is 47.9 Å². The number of aliphatic hydroxyl groups excluding tert-OH is 2. The fraction of sp³-hybridized carbons (Fsp3) is 0.500. The fourth-order valence-electron chi connectivity index (χ4n) is 7.29. The van der Waals surface area contributed by atoms with Gasteiger partial charge in [0, 0.05) is 61.1 Å². The summed E-state index contributed by atoms with van der Waals surface area (Å²) < 4.78 is 29.7. The van der Waals surface area contributed by atoms with Crippen molar-refractivity contribution >= 4 is 11.6 Å². The highest BCUT2D eigenvalue weighted by Crippen LogP contribution is 2.41. The van der Waals surface area contributed by atoms with Crippen LogP contribution in [0.15, 0.2) is 147 Å². The molecule has 0 radical (unpaired) electrons. The minimum atomic E-state index is -0.414. The Morgan fingerprint density at radius 1 is 1.05 bits per heavy atom. The summed E-state index contributed by atoms with van der Waals surface area (Å²) in [6.07, 6.45) is 37.2. The second kappa shape index (κ2) is 36.4. The molecule has 5 aliphatic rings. The molecule has 5 rings (SSSR count). The molecule has 0 amide bonds. The van der Waals surface area contributed by atoms with Gasteiger partial charge >= 0.3 is 0 Å². The lowest BCUT2D eigenvalue weighted by atomic mass is 9.73. The molecule has 362 valence electrons. The zero-order valence-corrected chi connectivity index (χ0v) is 42.3. The predicted octanol–water partition coefficient (Wildman–Crippen LogP) is 14.3. The van der Waals surface area contributed by atoms with Crippen molar-refractivity contribution in [3.05, 3.63) is 147 Å². The number of unbranched alkanes of at least 4 members (excludes halogenated alkanes) is 3. The maximum atomic E-state index is 12.9. The molecule has 3 unspecified atom stereocenters. The summed E-state index contributed by atoms with van der Waals surface area (Å²) in [7, 11) is 0. The van der Waals surface area contributed by atoms with Gasteiger partial charge in [0.1, 0.15) is 11.6 Å². The van der Waals surface area contributed by atoms with E-state index in [1.807, 2.05) is 52.8 Å². The molecule has 0 aromatic carbocycles. The third-order valence-corrected chi connectivity index (χ3v) is 11.7. The van der Waals surface area contributed by atoms with Gasteiger partial charge < -0.3 is 29.7 Å². The van der Waals surface area contributed by atoms with Crippen LogP contribution < -0.4 is 5.32 Å². The second-order valence-electron chi connectivity index (χ2n) is 16.2. The maximum absolute atomic E-state index is 12.9. The minimum absolute atomic E-state index is 0.201. The van der Waals surface area contributed by atoms with Gasteiger partial charge in [-0.25, -0.2) is 4.39 Å². The van der Waals surface area contributed by atoms with Crippen LogP contribution in [0.25, 0.3) is 0 Å². The van der Waals surface area contributed by atoms with Crippen LogP contribution in [0.5, 0.6) is 0 Å². The van der Waals surface area contributed by atoms with Gasteiger partial charge in [0.05, 0.1) is 6.61 Å². The van der Waals surface area contributed by atoms with Crippen molar-refractivity contribution in [2.75, 3.05) is 39.7 Å². The number of nitrogens with one attached hydrogen (secondary N) is 1. The van der Waals surface area contributed by atoms with Crippen molar-refractivity contribution in [1.29, 1.82) is 0 Å². The molecule has 2 fully saturated rings. The van der Waals surface area contributed by atoms with Gasteiger partial charge in [0.2, 0.25) is 12.6 Å². The summed E-state index contributed by atoms with van der Waals surface area (Å²) in [4.78, 5) is 0. The summed E-state index contributed by atoms with van der Waals surface area (Å²) in [6, 6.07) is 0. The molecule has 0 saturated carbocycles. The molecule has 4 atom stereocenters. The Hall–Kier alpha value is -4.72. The van der Waals surface area contributed by atoms with Crippen LogP contribution in [0.1, 0.15) is 126 Å². The Morgan fingerprint density at radius 3 is 2.41 bits per heavy atom. The number of aliphatic hydroxyl groups is 2. The summed E-state index contributed by atoms with van der Waals surface area (Å²) in [5.41, 5.74) is 10.6. The largest absolute Gasteiger partial charge is 0.493 e. The molecule has 2 saturated heterocycles. The highest BCUT2D eigenvalue weighted by molar-refractivity contribution is 6.29. The van der Waals surface area contributed by atoms with Crippen molar-refractivity contribution < 1.29 is 28.8 Å². The third-order valence-electron chi connectivity index (χ3n) is 11.4. The molecule has 6 nitrogen and oxygen atoms in total. The van der Waals surface area contributed by atoms with Gasteiger partial charge in [0.25, 0.3) is 0 Å². The van der Waals surface area contributed by atoms with Gasteiger partial charge in [-0.05, 0) is 125 Å². The van der Waals surface area contributed by atoms with Gasteiger partial charge in [-0.1, -0.05) is 137 Å². The Labute approximate surface area is 405 Å². The molecule has 3 N–H and O–H groups in total. The molecule has 0 aromatic rings. The van der Waals surface area contributed by atoms with Gasteiger partial charge in [-0.2, -0.15) is 0 Å². The Bertz CT molecular complexity index is 1970. The molecule has 0 spiro atoms. The number of hydrogen-bond donors (Lipinski definition) is 3. The van der Waals surface area contributed by atoms with E-state index in [4.69, 9.17) is 42.4 Å². The lowest BCUT2D eigenvalue weighted by Gasteiger charge is -2.34. The number of hydrogen-bond acceptors (Lipinski definition) is 6. The Balaban J connectivity index is 0.000000531. The molecule has 0 aromatic heterocycles. The SMILES string of the molecule is C#CCCCO.C=C(/C=C\C(C)=C(/C)Cl)C1CCC(C)C2=C1C=CC(C#CCCCO)=CC2.C=C(F)C=CC/C(=C\C)C1CCNC[C@H]1COC1=CC=C=C2OCOC2=C1.CC.CCCC. The first-order valence-electron chi connectivity index (χ1n) is 24.0. The van der Waals surface area contributed by atoms with E-state index in [0.717, 1.165) is 85.5 Å². The average molecular weight is 927 g/mol. The molecular weight excluding hydrogens is 845 g/mol. The molecule has 2 heterocycles. The fourth-order valence-corrected chi connectivity index (χ4v) is 7.35. The van der Waals surface area contributed by atoms with Gasteiger partial charge in [-0.3, -0.25) is 0 Å². The first kappa shape index (κ1) is 59.3. The van der Waals surface area contributed by atoms with Gasteiger partial charge in [-0.15, -0.1) is 12.3 Å². The van der Waals surface area contributed by atoms with Crippen molar-refractivity contribution in [3.63, 3.8) is 0 Å². The van der Waals surface area contributed by atoms with Crippen LogP contribution in [0.4, 0.5) is 4.39 Å². The van der Waals surface area contributed by atoms with E-state index in [9.17, 15) is 4.39 Å². The van der Waals surface area contributed by atoms with Crippen LogP contribution in [-0.4, -0.2) is 49.9 Å². The van der Waals surface area contributed by atoms with E-state index in [1.165, 1.54) is 42.1 Å². The topological polar surface area (TPSA) is 80.2 Å². The minimum Gasteiger partial charge on any atom is -0.493 e. The van der Waals surface area contributed by atoms with E-state index >= 15 is 0 Å². The van der Waals surface area contributed by atoms with E-state index in [-0.39, 0.29) is 20.0 Å². The van der Waals surface area contributed by atoms with Crippen LogP contribution >= 0.6 is 11.6 Å². The number of halogens is 2. The summed E-state index contributed by atoms with van der Waals surface area (Å²) >= 11 is 6.07. The first-order chi connectivity index (χ1) is 31.9. The quantitative estimate of drug-likeness (QED) is 0.0499. The van der Waals surface area contributed by atoms with Crippen LogP contribution in [-0.2, 0) is 14.2 Å². The second-order valence-corrected chi connectivity index (χ2v) is 16.8. The van der Waals surface area contributed by atoms with E-state index < -0.39 is 5.83 Å². The molecule has 3 aliphatic carbocycles. The summed E-state index contributed by atoms with van der Waals surface area (Å²) in [5, 5.41) is 21.3. The monoisotopic (exact) mass is 926 g/mol. The third kappa shape index (κ3) is 23.1. The van der Waals surface area contributed by atoms with Crippen molar-refractivity contribution in [3.8, 4) is 24.2 Å². The van der Waals surface area contributed by atoms with Crippen LogP contribution in [0.2, 0.25) is 0 Å². The van der Waals surface area contributed by atoms with Crippen molar-refractivity contribution in [2.45, 2.75) is 126 Å². The molecule has 8 heteroatoms. The lowest BCUT2D eigenvalue weighted by molar-refractivity contribution is 0.0964. The van der Waals surface area contributed by atoms with Crippen molar-refractivity contribution in [2.24, 2.45) is 23.7 Å². The van der Waals surface area contributed by atoms with E-state index in [2.05, 4.69) is 99.2 Å². The number of piperidine rings is 1. The van der Waals surface area contributed by atoms with Crippen molar-refractivity contribution in [1.82, 2.24) is 5.32 Å². The highest BCUT2D eigenvalue weighted by Gasteiger charge is 2.29. The number of terminal acetylenes is 1.